The Morgan fingerprint density at radius 1 is 1.04 bits per heavy atom. The summed E-state index contributed by atoms with van der Waals surface area (Å²) in [5, 5.41) is 2.27. The molecule has 0 atom stereocenters. The number of hydrogen-bond donors (Lipinski definition) is 1. The molecule has 128 valence electrons. The summed E-state index contributed by atoms with van der Waals surface area (Å²) in [4.78, 5) is 12.5. The van der Waals surface area contributed by atoms with Crippen LogP contribution < -0.4 is 5.32 Å². The first-order chi connectivity index (χ1) is 11.0. The molecule has 0 aromatic heterocycles. The third-order valence-corrected chi connectivity index (χ3v) is 3.93. The standard InChI is InChI=1S/C18H17F4NO/c1-11-6-4-5-7-13(11)17(2,3)16(24)23-15-10-12(18(20,21)22)8-9-14(15)19/h4-10H,1-3H3,(H,23,24). The molecule has 0 saturated heterocycles. The van der Waals surface area contributed by atoms with Crippen LogP contribution in [0.4, 0.5) is 23.2 Å². The van der Waals surface area contributed by atoms with Gasteiger partial charge in [-0.2, -0.15) is 13.2 Å². The van der Waals surface area contributed by atoms with Gasteiger partial charge in [0.25, 0.3) is 0 Å². The highest BCUT2D eigenvalue weighted by Gasteiger charge is 2.34. The summed E-state index contributed by atoms with van der Waals surface area (Å²) in [5.41, 5.74) is -0.965. The van der Waals surface area contributed by atoms with Crippen LogP contribution in [0.15, 0.2) is 42.5 Å². The van der Waals surface area contributed by atoms with E-state index in [2.05, 4.69) is 5.32 Å². The van der Waals surface area contributed by atoms with Gasteiger partial charge in [-0.1, -0.05) is 24.3 Å². The highest BCUT2D eigenvalue weighted by atomic mass is 19.4. The molecule has 24 heavy (non-hydrogen) atoms. The van der Waals surface area contributed by atoms with Crippen molar-refractivity contribution in [1.82, 2.24) is 0 Å². The molecule has 6 heteroatoms. The Morgan fingerprint density at radius 3 is 2.25 bits per heavy atom. The average molecular weight is 339 g/mol. The number of aryl methyl sites for hydroxylation is 1. The zero-order valence-electron chi connectivity index (χ0n) is 13.5. The van der Waals surface area contributed by atoms with Crippen molar-refractivity contribution in [1.29, 1.82) is 0 Å². The van der Waals surface area contributed by atoms with E-state index in [1.807, 2.05) is 19.1 Å². The zero-order chi connectivity index (χ0) is 18.1. The number of rotatable bonds is 3. The molecule has 0 spiro atoms. The summed E-state index contributed by atoms with van der Waals surface area (Å²) in [6, 6.07) is 9.10. The molecule has 0 bridgehead atoms. The molecule has 1 N–H and O–H groups in total. The third kappa shape index (κ3) is 3.58. The van der Waals surface area contributed by atoms with E-state index in [0.717, 1.165) is 11.1 Å². The number of alkyl halides is 3. The molecule has 2 nitrogen and oxygen atoms in total. The lowest BCUT2D eigenvalue weighted by molar-refractivity contribution is -0.137. The molecule has 0 aliphatic carbocycles. The average Bonchev–Trinajstić information content (AvgIpc) is 2.48. The predicted octanol–water partition coefficient (Wildman–Crippen LogP) is 5.07. The van der Waals surface area contributed by atoms with E-state index in [0.29, 0.717) is 18.2 Å². The summed E-state index contributed by atoms with van der Waals surface area (Å²) in [6.45, 7) is 5.10. The van der Waals surface area contributed by atoms with E-state index in [1.54, 1.807) is 26.0 Å². The number of halogens is 4. The van der Waals surface area contributed by atoms with Gasteiger partial charge in [-0.3, -0.25) is 4.79 Å². The van der Waals surface area contributed by atoms with E-state index in [1.165, 1.54) is 0 Å². The second-order valence-electron chi connectivity index (χ2n) is 6.09. The Bertz CT molecular complexity index is 766. The molecule has 0 unspecified atom stereocenters. The molecule has 0 fully saturated rings. The Morgan fingerprint density at radius 2 is 1.67 bits per heavy atom. The number of carbonyl (C=O) groups excluding carboxylic acids is 1. The lowest BCUT2D eigenvalue weighted by Crippen LogP contribution is -2.35. The molecule has 0 heterocycles. The van der Waals surface area contributed by atoms with Gasteiger partial charge in [0.1, 0.15) is 5.82 Å². The van der Waals surface area contributed by atoms with E-state index in [4.69, 9.17) is 0 Å². The molecule has 2 rings (SSSR count). The fourth-order valence-corrected chi connectivity index (χ4v) is 2.47. The normalized spacial score (nSPS) is 12.1. The second-order valence-corrected chi connectivity index (χ2v) is 6.09. The number of anilines is 1. The largest absolute Gasteiger partial charge is 0.416 e. The minimum Gasteiger partial charge on any atom is -0.323 e. The summed E-state index contributed by atoms with van der Waals surface area (Å²) in [7, 11) is 0. The van der Waals surface area contributed by atoms with Crippen molar-refractivity contribution in [2.24, 2.45) is 0 Å². The van der Waals surface area contributed by atoms with Gasteiger partial charge in [0.15, 0.2) is 0 Å². The Balaban J connectivity index is 2.34. The summed E-state index contributed by atoms with van der Waals surface area (Å²) >= 11 is 0. The molecule has 1 amide bonds. The third-order valence-electron chi connectivity index (χ3n) is 3.93. The van der Waals surface area contributed by atoms with E-state index in [-0.39, 0.29) is 0 Å². The van der Waals surface area contributed by atoms with Crippen LogP contribution in [0.25, 0.3) is 0 Å². The molecule has 0 aliphatic heterocycles. The van der Waals surface area contributed by atoms with E-state index < -0.39 is 34.6 Å². The van der Waals surface area contributed by atoms with Crippen molar-refractivity contribution >= 4 is 11.6 Å². The second kappa shape index (κ2) is 6.26. The maximum absolute atomic E-state index is 13.8. The summed E-state index contributed by atoms with van der Waals surface area (Å²) < 4.78 is 52.1. The Kier molecular flexibility index (Phi) is 4.69. The van der Waals surface area contributed by atoms with Crippen molar-refractivity contribution in [2.75, 3.05) is 5.32 Å². The maximum Gasteiger partial charge on any atom is 0.416 e. The first-order valence-corrected chi connectivity index (χ1v) is 7.28. The molecular formula is C18H17F4NO. The molecule has 0 saturated carbocycles. The highest BCUT2D eigenvalue weighted by Crippen LogP contribution is 2.33. The fourth-order valence-electron chi connectivity index (χ4n) is 2.47. The molecule has 0 radical (unpaired) electrons. The number of benzene rings is 2. The van der Waals surface area contributed by atoms with Gasteiger partial charge in [0.05, 0.1) is 16.7 Å². The van der Waals surface area contributed by atoms with Crippen LogP contribution in [0.5, 0.6) is 0 Å². The first kappa shape index (κ1) is 18.0. The predicted molar refractivity (Wildman–Crippen MR) is 84.2 cm³/mol. The summed E-state index contributed by atoms with van der Waals surface area (Å²) in [5.74, 6) is -1.51. The topological polar surface area (TPSA) is 29.1 Å². The fraction of sp³-hybridized carbons (Fsp3) is 0.278. The molecule has 2 aromatic rings. The SMILES string of the molecule is Cc1ccccc1C(C)(C)C(=O)Nc1cc(C(F)(F)F)ccc1F. The van der Waals surface area contributed by atoms with Crippen molar-refractivity contribution < 1.29 is 22.4 Å². The number of nitrogens with one attached hydrogen (secondary N) is 1. The number of hydrogen-bond acceptors (Lipinski definition) is 1. The molecule has 2 aromatic carbocycles. The van der Waals surface area contributed by atoms with Gasteiger partial charge in [0.2, 0.25) is 5.91 Å². The van der Waals surface area contributed by atoms with Crippen molar-refractivity contribution in [3.63, 3.8) is 0 Å². The van der Waals surface area contributed by atoms with E-state index >= 15 is 0 Å². The Hall–Kier alpha value is -2.37. The monoisotopic (exact) mass is 339 g/mol. The van der Waals surface area contributed by atoms with Gasteiger partial charge < -0.3 is 5.32 Å². The number of carbonyl (C=O) groups is 1. The van der Waals surface area contributed by atoms with Gasteiger partial charge in [0, 0.05) is 0 Å². The minimum absolute atomic E-state index is 0.489. The van der Waals surface area contributed by atoms with Crippen LogP contribution >= 0.6 is 0 Å². The van der Waals surface area contributed by atoms with Crippen LogP contribution in [0.3, 0.4) is 0 Å². The van der Waals surface area contributed by atoms with Crippen LogP contribution in [0.2, 0.25) is 0 Å². The van der Waals surface area contributed by atoms with Gasteiger partial charge >= 0.3 is 6.18 Å². The van der Waals surface area contributed by atoms with Crippen molar-refractivity contribution in [3.05, 3.63) is 65.0 Å². The molecule has 0 aliphatic rings. The van der Waals surface area contributed by atoms with Crippen LogP contribution in [-0.2, 0) is 16.4 Å². The quantitative estimate of drug-likeness (QED) is 0.777. The van der Waals surface area contributed by atoms with E-state index in [9.17, 15) is 22.4 Å². The zero-order valence-corrected chi connectivity index (χ0v) is 13.5. The highest BCUT2D eigenvalue weighted by molar-refractivity contribution is 5.99. The smallest absolute Gasteiger partial charge is 0.323 e. The van der Waals surface area contributed by atoms with Crippen LogP contribution in [-0.4, -0.2) is 5.91 Å². The maximum atomic E-state index is 13.8. The van der Waals surface area contributed by atoms with Gasteiger partial charge in [-0.15, -0.1) is 0 Å². The molecular weight excluding hydrogens is 322 g/mol. The first-order valence-electron chi connectivity index (χ1n) is 7.28. The van der Waals surface area contributed by atoms with Crippen molar-refractivity contribution in [2.45, 2.75) is 32.4 Å². The van der Waals surface area contributed by atoms with Crippen molar-refractivity contribution in [3.8, 4) is 0 Å². The summed E-state index contributed by atoms with van der Waals surface area (Å²) in [6.07, 6.45) is -4.61. The van der Waals surface area contributed by atoms with Crippen LogP contribution in [0.1, 0.15) is 30.5 Å². The minimum atomic E-state index is -4.61. The lowest BCUT2D eigenvalue weighted by Gasteiger charge is -2.26. The Labute approximate surface area is 137 Å². The van der Waals surface area contributed by atoms with Crippen LogP contribution in [0, 0.1) is 12.7 Å². The lowest BCUT2D eigenvalue weighted by atomic mass is 9.81. The number of amides is 1. The van der Waals surface area contributed by atoms with Gasteiger partial charge in [-0.05, 0) is 50.1 Å². The van der Waals surface area contributed by atoms with Gasteiger partial charge in [-0.25, -0.2) is 4.39 Å².